The fourth-order valence-electron chi connectivity index (χ4n) is 1.22. The molecule has 0 saturated heterocycles. The molecule has 0 fully saturated rings. The van der Waals surface area contributed by atoms with E-state index in [-0.39, 0.29) is 5.97 Å². The first kappa shape index (κ1) is 13.0. The average molecular weight is 240 g/mol. The van der Waals surface area contributed by atoms with Crippen LogP contribution in [0, 0.1) is 13.8 Å². The molecule has 0 saturated carbocycles. The molecule has 3 N–H and O–H groups in total. The molecule has 88 valence electrons. The number of hydrogen-bond acceptors (Lipinski definition) is 5. The molecule has 0 atom stereocenters. The molecule has 0 radical (unpaired) electrons. The fourth-order valence-corrected chi connectivity index (χ4v) is 2.28. The number of carbonyl (C=O) groups is 1. The summed E-state index contributed by atoms with van der Waals surface area (Å²) in [6.45, 7) is 4.11. The van der Waals surface area contributed by atoms with Gasteiger partial charge in [-0.05, 0) is 25.5 Å². The van der Waals surface area contributed by atoms with Crippen molar-refractivity contribution in [3.63, 3.8) is 0 Å². The third kappa shape index (κ3) is 4.22. The molecule has 5 heteroatoms. The number of thioether (sulfide) groups is 1. The van der Waals surface area contributed by atoms with E-state index in [0.29, 0.717) is 12.2 Å². The molecule has 0 bridgehead atoms. The van der Waals surface area contributed by atoms with Gasteiger partial charge in [0, 0.05) is 10.6 Å². The van der Waals surface area contributed by atoms with Crippen LogP contribution in [0.4, 0.5) is 0 Å². The van der Waals surface area contributed by atoms with Gasteiger partial charge < -0.3 is 4.84 Å². The molecule has 0 unspecified atom stereocenters. The van der Waals surface area contributed by atoms with E-state index in [4.69, 9.17) is 5.84 Å². The Morgan fingerprint density at radius 2 is 2.25 bits per heavy atom. The fraction of sp³-hybridized carbons (Fsp3) is 0.364. The summed E-state index contributed by atoms with van der Waals surface area (Å²) in [7, 11) is 0. The van der Waals surface area contributed by atoms with Crippen LogP contribution < -0.4 is 11.4 Å². The van der Waals surface area contributed by atoms with Gasteiger partial charge in [0.05, 0.1) is 6.42 Å². The predicted octanol–water partition coefficient (Wildman–Crippen LogP) is 1.71. The summed E-state index contributed by atoms with van der Waals surface area (Å²) in [4.78, 5) is 16.6. The monoisotopic (exact) mass is 240 g/mol. The normalized spacial score (nSPS) is 10.2. The zero-order chi connectivity index (χ0) is 12.0. The number of aryl methyl sites for hydroxylation is 2. The molecule has 1 rings (SSSR count). The quantitative estimate of drug-likeness (QED) is 0.466. The predicted molar refractivity (Wildman–Crippen MR) is 64.7 cm³/mol. The van der Waals surface area contributed by atoms with Gasteiger partial charge in [-0.1, -0.05) is 23.3 Å². The summed E-state index contributed by atoms with van der Waals surface area (Å²) in [5.74, 6) is 5.19. The molecule has 0 heterocycles. The average Bonchev–Trinajstić information content (AvgIpc) is 2.23. The van der Waals surface area contributed by atoms with Crippen molar-refractivity contribution in [3.05, 3.63) is 29.3 Å². The van der Waals surface area contributed by atoms with Crippen LogP contribution in [0.15, 0.2) is 23.1 Å². The van der Waals surface area contributed by atoms with Gasteiger partial charge in [0.25, 0.3) is 0 Å². The standard InChI is InChI=1S/C11H16N2O2S/c1-8-3-4-9(2)10(7-8)16-6-5-11(14)15-13-12/h3-4,7,13H,5-6,12H2,1-2H3. The van der Waals surface area contributed by atoms with Crippen molar-refractivity contribution >= 4 is 17.7 Å². The Labute approximate surface area is 99.5 Å². The van der Waals surface area contributed by atoms with Crippen LogP contribution in [0.2, 0.25) is 0 Å². The lowest BCUT2D eigenvalue weighted by molar-refractivity contribution is -0.150. The smallest absolute Gasteiger partial charge is 0.327 e. The zero-order valence-corrected chi connectivity index (χ0v) is 10.3. The van der Waals surface area contributed by atoms with Gasteiger partial charge in [0.15, 0.2) is 0 Å². The van der Waals surface area contributed by atoms with Crippen molar-refractivity contribution in [3.8, 4) is 0 Å². The lowest BCUT2D eigenvalue weighted by atomic mass is 10.2. The van der Waals surface area contributed by atoms with E-state index in [1.165, 1.54) is 16.0 Å². The Bertz CT molecular complexity index is 369. The number of hydrogen-bond donors (Lipinski definition) is 2. The van der Waals surface area contributed by atoms with Gasteiger partial charge in [-0.3, -0.25) is 4.79 Å². The first-order valence-electron chi connectivity index (χ1n) is 4.99. The van der Waals surface area contributed by atoms with E-state index < -0.39 is 0 Å². The second-order valence-corrected chi connectivity index (χ2v) is 4.60. The van der Waals surface area contributed by atoms with E-state index in [1.807, 2.05) is 5.59 Å². The second kappa shape index (κ2) is 6.52. The minimum absolute atomic E-state index is 0.336. The van der Waals surface area contributed by atoms with E-state index in [1.54, 1.807) is 11.8 Å². The van der Waals surface area contributed by atoms with Crippen LogP contribution in [0.25, 0.3) is 0 Å². The van der Waals surface area contributed by atoms with Crippen LogP contribution in [0.1, 0.15) is 17.5 Å². The number of carbonyl (C=O) groups excluding carboxylic acids is 1. The molecule has 0 spiro atoms. The molecule has 4 nitrogen and oxygen atoms in total. The van der Waals surface area contributed by atoms with Gasteiger partial charge in [-0.2, -0.15) is 0 Å². The van der Waals surface area contributed by atoms with Crippen LogP contribution in [0.5, 0.6) is 0 Å². The van der Waals surface area contributed by atoms with E-state index in [0.717, 1.165) is 0 Å². The minimum Gasteiger partial charge on any atom is -0.356 e. The summed E-state index contributed by atoms with van der Waals surface area (Å²) in [6, 6.07) is 6.27. The topological polar surface area (TPSA) is 64.3 Å². The highest BCUT2D eigenvalue weighted by Crippen LogP contribution is 2.24. The summed E-state index contributed by atoms with van der Waals surface area (Å²) in [5.41, 5.74) is 4.32. The summed E-state index contributed by atoms with van der Waals surface area (Å²) < 4.78 is 0. The largest absolute Gasteiger partial charge is 0.356 e. The maximum atomic E-state index is 11.0. The Kier molecular flexibility index (Phi) is 5.31. The van der Waals surface area contributed by atoms with Crippen molar-refractivity contribution in [2.75, 3.05) is 5.75 Å². The van der Waals surface area contributed by atoms with Crippen LogP contribution >= 0.6 is 11.8 Å². The zero-order valence-electron chi connectivity index (χ0n) is 9.45. The first-order valence-corrected chi connectivity index (χ1v) is 5.97. The molecule has 0 amide bonds. The van der Waals surface area contributed by atoms with E-state index in [2.05, 4.69) is 36.9 Å². The Morgan fingerprint density at radius 3 is 2.94 bits per heavy atom. The third-order valence-corrected chi connectivity index (χ3v) is 3.24. The van der Waals surface area contributed by atoms with Crippen LogP contribution in [-0.4, -0.2) is 11.7 Å². The van der Waals surface area contributed by atoms with E-state index in [9.17, 15) is 4.79 Å². The Balaban J connectivity index is 2.42. The van der Waals surface area contributed by atoms with Crippen LogP contribution in [0.3, 0.4) is 0 Å². The maximum absolute atomic E-state index is 11.0. The maximum Gasteiger partial charge on any atom is 0.327 e. The third-order valence-electron chi connectivity index (χ3n) is 2.08. The van der Waals surface area contributed by atoms with Crippen LogP contribution in [-0.2, 0) is 9.63 Å². The Hall–Kier alpha value is -1.04. The molecular weight excluding hydrogens is 224 g/mol. The van der Waals surface area contributed by atoms with Gasteiger partial charge in [0.1, 0.15) is 0 Å². The lowest BCUT2D eigenvalue weighted by Crippen LogP contribution is -2.26. The van der Waals surface area contributed by atoms with Gasteiger partial charge >= 0.3 is 5.97 Å². The highest BCUT2D eigenvalue weighted by atomic mass is 32.2. The van der Waals surface area contributed by atoms with Gasteiger partial charge in [0.2, 0.25) is 0 Å². The van der Waals surface area contributed by atoms with Crippen molar-refractivity contribution < 1.29 is 9.63 Å². The number of rotatable bonds is 5. The number of nitrogens with two attached hydrogens (primary N) is 1. The number of nitrogens with one attached hydrogen (secondary N) is 1. The van der Waals surface area contributed by atoms with Gasteiger partial charge in [-0.25, -0.2) is 5.84 Å². The number of benzene rings is 1. The molecule has 1 aromatic rings. The molecule has 1 aromatic carbocycles. The highest BCUT2D eigenvalue weighted by molar-refractivity contribution is 7.99. The van der Waals surface area contributed by atoms with Crippen molar-refractivity contribution in [2.24, 2.45) is 5.84 Å². The van der Waals surface area contributed by atoms with Crippen molar-refractivity contribution in [1.82, 2.24) is 5.59 Å². The molecule has 0 aliphatic heterocycles. The van der Waals surface area contributed by atoms with Crippen molar-refractivity contribution in [1.29, 1.82) is 0 Å². The highest BCUT2D eigenvalue weighted by Gasteiger charge is 2.04. The summed E-state index contributed by atoms with van der Waals surface area (Å²) in [6.07, 6.45) is 0.336. The number of hydrazine groups is 1. The van der Waals surface area contributed by atoms with Gasteiger partial charge in [-0.15, -0.1) is 11.8 Å². The minimum atomic E-state index is -0.347. The Morgan fingerprint density at radius 1 is 1.50 bits per heavy atom. The molecule has 0 aromatic heterocycles. The molecule has 0 aliphatic rings. The molecule has 16 heavy (non-hydrogen) atoms. The summed E-state index contributed by atoms with van der Waals surface area (Å²) >= 11 is 1.65. The molecular formula is C11H16N2O2S. The van der Waals surface area contributed by atoms with Crippen molar-refractivity contribution in [2.45, 2.75) is 25.2 Å². The van der Waals surface area contributed by atoms with E-state index >= 15 is 0 Å². The first-order chi connectivity index (χ1) is 7.63. The SMILES string of the molecule is Cc1ccc(C)c(SCCC(=O)ONN)c1. The summed E-state index contributed by atoms with van der Waals surface area (Å²) in [5, 5.41) is 0. The molecule has 0 aliphatic carbocycles. The lowest BCUT2D eigenvalue weighted by Gasteiger charge is -2.06. The second-order valence-electron chi connectivity index (χ2n) is 3.46.